The molecule has 2 N–H and O–H groups in total. The van der Waals surface area contributed by atoms with Crippen LogP contribution in [0.15, 0.2) is 18.2 Å². The topological polar surface area (TPSA) is 45.7 Å². The molecule has 2 atom stereocenters. The minimum atomic E-state index is -0.262. The van der Waals surface area contributed by atoms with E-state index in [-0.39, 0.29) is 12.1 Å². The highest BCUT2D eigenvalue weighted by molar-refractivity contribution is 6.31. The van der Waals surface area contributed by atoms with Crippen LogP contribution >= 0.6 is 11.6 Å². The minimum Gasteiger partial charge on any atom is -0.390 e. The molecule has 4 rings (SSSR count). The van der Waals surface area contributed by atoms with E-state index in [0.717, 1.165) is 56.4 Å². The number of piperazine rings is 1. The van der Waals surface area contributed by atoms with E-state index in [1.54, 1.807) is 0 Å². The van der Waals surface area contributed by atoms with Crippen LogP contribution in [-0.2, 0) is 6.54 Å². The van der Waals surface area contributed by atoms with Gasteiger partial charge < -0.3 is 15.0 Å². The van der Waals surface area contributed by atoms with Gasteiger partial charge in [0.15, 0.2) is 0 Å². The van der Waals surface area contributed by atoms with Crippen molar-refractivity contribution < 1.29 is 5.11 Å². The van der Waals surface area contributed by atoms with Gasteiger partial charge in [-0.1, -0.05) is 11.6 Å². The molecule has 0 amide bonds. The van der Waals surface area contributed by atoms with Gasteiger partial charge in [0.2, 0.25) is 0 Å². The lowest BCUT2D eigenvalue weighted by atomic mass is 10.1. The van der Waals surface area contributed by atoms with Gasteiger partial charge in [0.05, 0.1) is 6.10 Å². The van der Waals surface area contributed by atoms with Crippen LogP contribution in [0.2, 0.25) is 5.02 Å². The van der Waals surface area contributed by atoms with Crippen molar-refractivity contribution in [2.45, 2.75) is 25.6 Å². The number of benzene rings is 1. The first-order chi connectivity index (χ1) is 12.0. The van der Waals surface area contributed by atoms with Gasteiger partial charge in [-0.3, -0.25) is 9.80 Å². The second-order valence-corrected chi connectivity index (χ2v) is 8.02. The van der Waals surface area contributed by atoms with E-state index in [0.29, 0.717) is 0 Å². The average molecular weight is 363 g/mol. The Kier molecular flexibility index (Phi) is 4.77. The number of halogens is 1. The SMILES string of the molecule is Cc1c(CN2C[C@H](O)[C@@H](N3CCN(C)CC3)C2)[nH]c2ccc(Cl)cc12. The summed E-state index contributed by atoms with van der Waals surface area (Å²) in [6, 6.07) is 6.25. The third-order valence-electron chi connectivity index (χ3n) is 5.85. The Morgan fingerprint density at radius 3 is 2.72 bits per heavy atom. The van der Waals surface area contributed by atoms with Gasteiger partial charge in [-0.05, 0) is 37.7 Å². The van der Waals surface area contributed by atoms with Crippen molar-refractivity contribution in [1.29, 1.82) is 0 Å². The Hall–Kier alpha value is -1.11. The number of aliphatic hydroxyl groups excluding tert-OH is 1. The van der Waals surface area contributed by atoms with Crippen molar-refractivity contribution in [1.82, 2.24) is 19.7 Å². The molecule has 2 fully saturated rings. The molecule has 0 saturated carbocycles. The van der Waals surface area contributed by atoms with Crippen LogP contribution < -0.4 is 0 Å². The molecule has 6 heteroatoms. The summed E-state index contributed by atoms with van der Waals surface area (Å²) in [6.45, 7) is 8.95. The highest BCUT2D eigenvalue weighted by Crippen LogP contribution is 2.27. The van der Waals surface area contributed by atoms with Crippen LogP contribution in [0.3, 0.4) is 0 Å². The molecular formula is C19H27ClN4O. The predicted octanol–water partition coefficient (Wildman–Crippen LogP) is 1.92. The molecule has 2 aliphatic heterocycles. The predicted molar refractivity (Wildman–Crippen MR) is 102 cm³/mol. The highest BCUT2D eigenvalue weighted by Gasteiger charge is 2.36. The molecule has 2 saturated heterocycles. The van der Waals surface area contributed by atoms with Crippen molar-refractivity contribution in [2.24, 2.45) is 0 Å². The quantitative estimate of drug-likeness (QED) is 0.875. The van der Waals surface area contributed by atoms with Crippen LogP contribution in [0.1, 0.15) is 11.3 Å². The van der Waals surface area contributed by atoms with Crippen molar-refractivity contribution >= 4 is 22.5 Å². The first-order valence-corrected chi connectivity index (χ1v) is 9.49. The third kappa shape index (κ3) is 3.44. The van der Waals surface area contributed by atoms with Crippen LogP contribution in [0.4, 0.5) is 0 Å². The number of fused-ring (bicyclic) bond motifs is 1. The number of aromatic amines is 1. The number of hydrogen-bond donors (Lipinski definition) is 2. The summed E-state index contributed by atoms with van der Waals surface area (Å²) < 4.78 is 0. The number of likely N-dealkylation sites (tertiary alicyclic amines) is 1. The molecule has 5 nitrogen and oxygen atoms in total. The van der Waals surface area contributed by atoms with E-state index < -0.39 is 0 Å². The van der Waals surface area contributed by atoms with Gasteiger partial charge in [0.25, 0.3) is 0 Å². The van der Waals surface area contributed by atoms with Crippen LogP contribution in [0, 0.1) is 6.92 Å². The molecule has 136 valence electrons. The molecule has 0 spiro atoms. The minimum absolute atomic E-state index is 0.257. The Morgan fingerprint density at radius 1 is 1.20 bits per heavy atom. The number of nitrogens with one attached hydrogen (secondary N) is 1. The molecule has 0 bridgehead atoms. The molecule has 1 aromatic heterocycles. The Bertz CT molecular complexity index is 753. The molecule has 25 heavy (non-hydrogen) atoms. The van der Waals surface area contributed by atoms with Gasteiger partial charge in [-0.2, -0.15) is 0 Å². The lowest BCUT2D eigenvalue weighted by Gasteiger charge is -2.37. The highest BCUT2D eigenvalue weighted by atomic mass is 35.5. The largest absolute Gasteiger partial charge is 0.390 e. The van der Waals surface area contributed by atoms with Crippen LogP contribution in [-0.4, -0.2) is 83.3 Å². The molecule has 2 aliphatic rings. The standard InChI is InChI=1S/C19H27ClN4O/c1-13-15-9-14(20)3-4-16(15)21-17(13)10-23-11-18(19(25)12-23)24-7-5-22(2)6-8-24/h3-4,9,18-19,21,25H,5-8,10-12H2,1-2H3/t18-,19-/m0/s1. The number of likely N-dealkylation sites (N-methyl/N-ethyl adjacent to an activating group) is 1. The molecular weight excluding hydrogens is 336 g/mol. The summed E-state index contributed by atoms with van der Waals surface area (Å²) >= 11 is 6.14. The first-order valence-electron chi connectivity index (χ1n) is 9.11. The maximum Gasteiger partial charge on any atom is 0.0834 e. The molecule has 3 heterocycles. The van der Waals surface area contributed by atoms with Gasteiger partial charge in [-0.15, -0.1) is 0 Å². The number of aryl methyl sites for hydroxylation is 1. The van der Waals surface area contributed by atoms with E-state index in [1.807, 2.05) is 18.2 Å². The van der Waals surface area contributed by atoms with Crippen molar-refractivity contribution in [3.8, 4) is 0 Å². The fourth-order valence-corrected chi connectivity index (χ4v) is 4.40. The Labute approximate surface area is 154 Å². The average Bonchev–Trinajstić information content (AvgIpc) is 3.10. The zero-order valence-corrected chi connectivity index (χ0v) is 15.8. The number of hydrogen-bond acceptors (Lipinski definition) is 4. The number of aliphatic hydroxyl groups is 1. The lowest BCUT2D eigenvalue weighted by molar-refractivity contribution is 0.0512. The summed E-state index contributed by atoms with van der Waals surface area (Å²) in [5.74, 6) is 0. The summed E-state index contributed by atoms with van der Waals surface area (Å²) in [5.41, 5.74) is 3.62. The number of aromatic nitrogens is 1. The van der Waals surface area contributed by atoms with Gasteiger partial charge in [0.1, 0.15) is 0 Å². The smallest absolute Gasteiger partial charge is 0.0834 e. The zero-order chi connectivity index (χ0) is 17.6. The van der Waals surface area contributed by atoms with Gasteiger partial charge in [-0.25, -0.2) is 0 Å². The first kappa shape index (κ1) is 17.3. The number of rotatable bonds is 3. The van der Waals surface area contributed by atoms with Gasteiger partial charge in [0, 0.05) is 73.5 Å². The molecule has 0 unspecified atom stereocenters. The normalized spacial score (nSPS) is 26.7. The van der Waals surface area contributed by atoms with Crippen LogP contribution in [0.25, 0.3) is 10.9 Å². The molecule has 2 aromatic rings. The van der Waals surface area contributed by atoms with E-state index >= 15 is 0 Å². The van der Waals surface area contributed by atoms with Crippen molar-refractivity contribution in [2.75, 3.05) is 46.3 Å². The summed E-state index contributed by atoms with van der Waals surface area (Å²) in [7, 11) is 2.17. The summed E-state index contributed by atoms with van der Waals surface area (Å²) in [6.07, 6.45) is -0.262. The third-order valence-corrected chi connectivity index (χ3v) is 6.08. The fourth-order valence-electron chi connectivity index (χ4n) is 4.22. The summed E-state index contributed by atoms with van der Waals surface area (Å²) in [4.78, 5) is 10.7. The fraction of sp³-hybridized carbons (Fsp3) is 0.579. The molecule has 0 radical (unpaired) electrons. The zero-order valence-electron chi connectivity index (χ0n) is 15.0. The Balaban J connectivity index is 1.46. The van der Waals surface area contributed by atoms with Crippen molar-refractivity contribution in [3.05, 3.63) is 34.5 Å². The number of H-pyrrole nitrogens is 1. The second-order valence-electron chi connectivity index (χ2n) is 7.59. The van der Waals surface area contributed by atoms with Crippen LogP contribution in [0.5, 0.6) is 0 Å². The molecule has 0 aliphatic carbocycles. The Morgan fingerprint density at radius 2 is 1.96 bits per heavy atom. The van der Waals surface area contributed by atoms with E-state index in [2.05, 4.69) is 33.7 Å². The summed E-state index contributed by atoms with van der Waals surface area (Å²) in [5, 5.41) is 12.5. The monoisotopic (exact) mass is 362 g/mol. The van der Waals surface area contributed by atoms with E-state index in [1.165, 1.54) is 16.6 Å². The maximum absolute atomic E-state index is 10.6. The number of β-amino-alcohol motifs (C(OH)–C–C–N with tert-alkyl or cyclic N) is 1. The number of nitrogens with zero attached hydrogens (tertiary/aromatic N) is 3. The second kappa shape index (κ2) is 6.89. The molecule has 1 aromatic carbocycles. The van der Waals surface area contributed by atoms with E-state index in [4.69, 9.17) is 11.6 Å². The maximum atomic E-state index is 10.6. The lowest BCUT2D eigenvalue weighted by Crippen LogP contribution is -2.52. The van der Waals surface area contributed by atoms with Crippen molar-refractivity contribution in [3.63, 3.8) is 0 Å². The van der Waals surface area contributed by atoms with Gasteiger partial charge >= 0.3 is 0 Å². The van der Waals surface area contributed by atoms with E-state index in [9.17, 15) is 5.11 Å².